The maximum atomic E-state index is 10.4. The fraction of sp³-hybridized carbons (Fsp3) is 0.875. The third-order valence-corrected chi connectivity index (χ3v) is 2.48. The Morgan fingerprint density at radius 2 is 2.33 bits per heavy atom. The number of carbonyl (C=O) groups is 1. The molecule has 0 amide bonds. The summed E-state index contributed by atoms with van der Waals surface area (Å²) in [6, 6.07) is -0.420. The van der Waals surface area contributed by atoms with Crippen molar-refractivity contribution in [2.24, 2.45) is 0 Å². The van der Waals surface area contributed by atoms with Crippen LogP contribution in [-0.4, -0.2) is 35.2 Å². The fourth-order valence-corrected chi connectivity index (χ4v) is 1.36. The van der Waals surface area contributed by atoms with Gasteiger partial charge in [-0.25, -0.2) is 0 Å². The molecule has 0 spiro atoms. The third kappa shape index (κ3) is 6.49. The van der Waals surface area contributed by atoms with E-state index in [9.17, 15) is 4.79 Å². The van der Waals surface area contributed by atoms with Crippen molar-refractivity contribution < 1.29 is 9.90 Å². The van der Waals surface area contributed by atoms with Gasteiger partial charge in [0.25, 0.3) is 0 Å². The van der Waals surface area contributed by atoms with Crippen molar-refractivity contribution in [3.63, 3.8) is 0 Å². The van der Waals surface area contributed by atoms with Gasteiger partial charge in [0.2, 0.25) is 0 Å². The number of carboxylic acids is 1. The van der Waals surface area contributed by atoms with Crippen LogP contribution in [0.15, 0.2) is 0 Å². The van der Waals surface area contributed by atoms with Crippen molar-refractivity contribution in [1.29, 1.82) is 0 Å². The van der Waals surface area contributed by atoms with E-state index in [-0.39, 0.29) is 0 Å². The summed E-state index contributed by atoms with van der Waals surface area (Å²) in [5, 5.41) is 11.4. The highest BCUT2D eigenvalue weighted by molar-refractivity contribution is 7.99. The van der Waals surface area contributed by atoms with Crippen LogP contribution in [0.2, 0.25) is 0 Å². The maximum absolute atomic E-state index is 10.4. The normalized spacial score (nSPS) is 12.8. The summed E-state index contributed by atoms with van der Waals surface area (Å²) in [5.41, 5.74) is 0. The van der Waals surface area contributed by atoms with Crippen LogP contribution in [0.5, 0.6) is 0 Å². The monoisotopic (exact) mass is 191 g/mol. The number of carboxylic acid groups (broad SMARTS) is 1. The highest BCUT2D eigenvalue weighted by atomic mass is 32.2. The van der Waals surface area contributed by atoms with Crippen LogP contribution in [0.25, 0.3) is 0 Å². The lowest BCUT2D eigenvalue weighted by atomic mass is 10.3. The van der Waals surface area contributed by atoms with E-state index in [1.165, 1.54) is 0 Å². The van der Waals surface area contributed by atoms with Crippen LogP contribution in [-0.2, 0) is 4.79 Å². The second-order valence-electron chi connectivity index (χ2n) is 2.56. The summed E-state index contributed by atoms with van der Waals surface area (Å²) in [6.07, 6.45) is 1.04. The van der Waals surface area contributed by atoms with Crippen molar-refractivity contribution >= 4 is 17.7 Å². The van der Waals surface area contributed by atoms with Crippen LogP contribution in [0.3, 0.4) is 0 Å². The Bertz CT molecular complexity index is 130. The zero-order valence-electron chi connectivity index (χ0n) is 7.67. The van der Waals surface area contributed by atoms with Gasteiger partial charge in [0.15, 0.2) is 0 Å². The molecule has 1 atom stereocenters. The third-order valence-electron chi connectivity index (χ3n) is 1.49. The van der Waals surface area contributed by atoms with Gasteiger partial charge in [0.05, 0.1) is 0 Å². The largest absolute Gasteiger partial charge is 0.480 e. The van der Waals surface area contributed by atoms with E-state index in [1.54, 1.807) is 6.92 Å². The lowest BCUT2D eigenvalue weighted by Gasteiger charge is -2.07. The Kier molecular flexibility index (Phi) is 7.29. The first kappa shape index (κ1) is 11.8. The van der Waals surface area contributed by atoms with Crippen LogP contribution < -0.4 is 5.32 Å². The molecule has 0 aliphatic heterocycles. The van der Waals surface area contributed by atoms with Gasteiger partial charge in [0.1, 0.15) is 6.04 Å². The molecule has 3 nitrogen and oxygen atoms in total. The van der Waals surface area contributed by atoms with Crippen molar-refractivity contribution in [3.8, 4) is 0 Å². The first-order chi connectivity index (χ1) is 5.68. The SMILES string of the molecule is CCSCCCN[C@H](C)C(=O)O. The predicted molar refractivity (Wildman–Crippen MR) is 52.7 cm³/mol. The lowest BCUT2D eigenvalue weighted by Crippen LogP contribution is -2.34. The summed E-state index contributed by atoms with van der Waals surface area (Å²) in [7, 11) is 0. The molecule has 0 bridgehead atoms. The topological polar surface area (TPSA) is 49.3 Å². The van der Waals surface area contributed by atoms with E-state index in [0.29, 0.717) is 0 Å². The number of nitrogens with one attached hydrogen (secondary N) is 1. The molecule has 0 aromatic heterocycles. The van der Waals surface area contributed by atoms with Crippen LogP contribution in [0.4, 0.5) is 0 Å². The zero-order valence-corrected chi connectivity index (χ0v) is 8.49. The zero-order chi connectivity index (χ0) is 9.40. The number of hydrogen-bond donors (Lipinski definition) is 2. The molecule has 12 heavy (non-hydrogen) atoms. The molecule has 0 saturated heterocycles. The molecular weight excluding hydrogens is 174 g/mol. The summed E-state index contributed by atoms with van der Waals surface area (Å²) in [4.78, 5) is 10.4. The average Bonchev–Trinajstić information content (AvgIpc) is 2.03. The summed E-state index contributed by atoms with van der Waals surface area (Å²) in [5.74, 6) is 1.46. The number of thioether (sulfide) groups is 1. The van der Waals surface area contributed by atoms with E-state index >= 15 is 0 Å². The highest BCUT2D eigenvalue weighted by Gasteiger charge is 2.07. The standard InChI is InChI=1S/C8H17NO2S/c1-3-12-6-4-5-9-7(2)8(10)11/h7,9H,3-6H2,1-2H3,(H,10,11)/t7-/m1/s1. The molecule has 0 aliphatic carbocycles. The minimum Gasteiger partial charge on any atom is -0.480 e. The smallest absolute Gasteiger partial charge is 0.320 e. The number of rotatable bonds is 7. The fourth-order valence-electron chi connectivity index (χ4n) is 0.724. The average molecular weight is 191 g/mol. The first-order valence-electron chi connectivity index (χ1n) is 4.22. The Hall–Kier alpha value is -0.220. The Labute approximate surface area is 77.9 Å². The molecule has 0 heterocycles. The van der Waals surface area contributed by atoms with Gasteiger partial charge in [-0.2, -0.15) is 11.8 Å². The van der Waals surface area contributed by atoms with E-state index in [0.717, 1.165) is 24.5 Å². The molecular formula is C8H17NO2S. The van der Waals surface area contributed by atoms with Crippen LogP contribution in [0, 0.1) is 0 Å². The summed E-state index contributed by atoms with van der Waals surface area (Å²) in [6.45, 7) is 4.58. The summed E-state index contributed by atoms with van der Waals surface area (Å²) >= 11 is 1.88. The molecule has 0 saturated carbocycles. The molecule has 0 unspecified atom stereocenters. The van der Waals surface area contributed by atoms with E-state index in [1.807, 2.05) is 11.8 Å². The molecule has 0 aliphatic rings. The van der Waals surface area contributed by atoms with Crippen molar-refractivity contribution in [3.05, 3.63) is 0 Å². The first-order valence-corrected chi connectivity index (χ1v) is 5.38. The Morgan fingerprint density at radius 3 is 2.83 bits per heavy atom. The quantitative estimate of drug-likeness (QED) is 0.594. The maximum Gasteiger partial charge on any atom is 0.320 e. The molecule has 0 rings (SSSR count). The second-order valence-corrected chi connectivity index (χ2v) is 3.96. The van der Waals surface area contributed by atoms with Gasteiger partial charge in [-0.1, -0.05) is 6.92 Å². The van der Waals surface area contributed by atoms with Crippen LogP contribution >= 0.6 is 11.8 Å². The van der Waals surface area contributed by atoms with Gasteiger partial charge in [0, 0.05) is 0 Å². The van der Waals surface area contributed by atoms with Gasteiger partial charge in [-0.3, -0.25) is 4.79 Å². The molecule has 2 N–H and O–H groups in total. The molecule has 0 fully saturated rings. The molecule has 4 heteroatoms. The Balaban J connectivity index is 3.14. The van der Waals surface area contributed by atoms with Gasteiger partial charge < -0.3 is 10.4 Å². The van der Waals surface area contributed by atoms with E-state index in [2.05, 4.69) is 12.2 Å². The predicted octanol–water partition coefficient (Wildman–Crippen LogP) is 1.19. The molecule has 72 valence electrons. The van der Waals surface area contributed by atoms with Crippen LogP contribution in [0.1, 0.15) is 20.3 Å². The number of hydrogen-bond acceptors (Lipinski definition) is 3. The van der Waals surface area contributed by atoms with Crippen molar-refractivity contribution in [2.45, 2.75) is 26.3 Å². The highest BCUT2D eigenvalue weighted by Crippen LogP contribution is 1.99. The van der Waals surface area contributed by atoms with E-state index < -0.39 is 12.0 Å². The molecule has 0 aromatic rings. The van der Waals surface area contributed by atoms with E-state index in [4.69, 9.17) is 5.11 Å². The molecule has 0 aromatic carbocycles. The van der Waals surface area contributed by atoms with Gasteiger partial charge in [-0.05, 0) is 31.4 Å². The van der Waals surface area contributed by atoms with Crippen molar-refractivity contribution in [2.75, 3.05) is 18.1 Å². The number of aliphatic carboxylic acids is 1. The molecule has 0 radical (unpaired) electrons. The summed E-state index contributed by atoms with van der Waals surface area (Å²) < 4.78 is 0. The second kappa shape index (κ2) is 7.43. The minimum atomic E-state index is -0.779. The lowest BCUT2D eigenvalue weighted by molar-refractivity contribution is -0.138. The van der Waals surface area contributed by atoms with Crippen molar-refractivity contribution in [1.82, 2.24) is 5.32 Å². The van der Waals surface area contributed by atoms with Gasteiger partial charge >= 0.3 is 5.97 Å². The van der Waals surface area contributed by atoms with Gasteiger partial charge in [-0.15, -0.1) is 0 Å². The minimum absolute atomic E-state index is 0.420. The Morgan fingerprint density at radius 1 is 1.67 bits per heavy atom.